The summed E-state index contributed by atoms with van der Waals surface area (Å²) in [4.78, 5) is 17.8. The number of nitrogens with zero attached hydrogens (tertiary/aromatic N) is 3. The van der Waals surface area contributed by atoms with Gasteiger partial charge in [0, 0.05) is 31.0 Å². The topological polar surface area (TPSA) is 75.5 Å². The number of methoxy groups -OCH3 is 1. The maximum absolute atomic E-state index is 11.2. The van der Waals surface area contributed by atoms with Gasteiger partial charge in [-0.05, 0) is 30.5 Å². The van der Waals surface area contributed by atoms with Crippen LogP contribution in [-0.2, 0) is 11.2 Å². The molecule has 1 aromatic carbocycles. The van der Waals surface area contributed by atoms with Crippen LogP contribution in [0.25, 0.3) is 0 Å². The van der Waals surface area contributed by atoms with Crippen molar-refractivity contribution >= 4 is 22.6 Å². The molecule has 6 nitrogen and oxygen atoms in total. The van der Waals surface area contributed by atoms with Crippen molar-refractivity contribution in [1.82, 2.24) is 9.36 Å². The summed E-state index contributed by atoms with van der Waals surface area (Å²) in [6.07, 6.45) is 2.26. The first-order valence-corrected chi connectivity index (χ1v) is 8.36. The van der Waals surface area contributed by atoms with E-state index in [0.717, 1.165) is 41.7 Å². The predicted octanol–water partition coefficient (Wildman–Crippen LogP) is 2.44. The zero-order valence-electron chi connectivity index (χ0n) is 12.9. The number of aliphatic carboxylic acids is 1. The Kier molecular flexibility index (Phi) is 4.76. The lowest BCUT2D eigenvalue weighted by atomic mass is 9.99. The second-order valence-corrected chi connectivity index (χ2v) is 6.38. The summed E-state index contributed by atoms with van der Waals surface area (Å²) in [6, 6.07) is 7.85. The molecule has 1 saturated heterocycles. The molecule has 0 amide bonds. The molecule has 1 aliphatic rings. The minimum Gasteiger partial charge on any atom is -0.497 e. The first-order valence-electron chi connectivity index (χ1n) is 7.59. The van der Waals surface area contributed by atoms with Crippen molar-refractivity contribution in [3.8, 4) is 5.75 Å². The lowest BCUT2D eigenvalue weighted by Gasteiger charge is -2.29. The number of hydrogen-bond donors (Lipinski definition) is 1. The standard InChI is InChI=1S/C16H19N3O3S/c1-22-13-6-2-4-11(8-13)9-14-17-16(23-18-14)19-7-3-5-12(10-19)15(20)21/h2,4,6,8,12H,3,5,7,9-10H2,1H3,(H,20,21)/t12-/m0/s1. The molecule has 0 bridgehead atoms. The van der Waals surface area contributed by atoms with Gasteiger partial charge < -0.3 is 14.7 Å². The van der Waals surface area contributed by atoms with Gasteiger partial charge in [0.2, 0.25) is 5.13 Å². The highest BCUT2D eigenvalue weighted by molar-refractivity contribution is 7.09. The van der Waals surface area contributed by atoms with Gasteiger partial charge in [-0.3, -0.25) is 4.79 Å². The molecule has 0 spiro atoms. The van der Waals surface area contributed by atoms with E-state index < -0.39 is 5.97 Å². The maximum Gasteiger partial charge on any atom is 0.308 e. The Morgan fingerprint density at radius 1 is 1.52 bits per heavy atom. The van der Waals surface area contributed by atoms with Gasteiger partial charge in [-0.1, -0.05) is 12.1 Å². The molecule has 0 unspecified atom stereocenters. The second kappa shape index (κ2) is 6.95. The van der Waals surface area contributed by atoms with Crippen LogP contribution in [0, 0.1) is 5.92 Å². The molecule has 0 radical (unpaired) electrons. The Hall–Kier alpha value is -2.15. The van der Waals surface area contributed by atoms with E-state index in [9.17, 15) is 9.90 Å². The lowest BCUT2D eigenvalue weighted by Crippen LogP contribution is -2.38. The van der Waals surface area contributed by atoms with Gasteiger partial charge in [0.1, 0.15) is 11.6 Å². The van der Waals surface area contributed by atoms with Crippen LogP contribution >= 0.6 is 11.5 Å². The molecule has 1 atom stereocenters. The van der Waals surface area contributed by atoms with Gasteiger partial charge in [0.15, 0.2) is 0 Å². The van der Waals surface area contributed by atoms with Crippen LogP contribution < -0.4 is 9.64 Å². The molecule has 0 saturated carbocycles. The fraction of sp³-hybridized carbons (Fsp3) is 0.438. The number of benzene rings is 1. The molecule has 1 fully saturated rings. The van der Waals surface area contributed by atoms with Crippen molar-refractivity contribution in [2.75, 3.05) is 25.1 Å². The van der Waals surface area contributed by atoms with Crippen molar-refractivity contribution in [2.24, 2.45) is 5.92 Å². The predicted molar refractivity (Wildman–Crippen MR) is 88.3 cm³/mol. The summed E-state index contributed by atoms with van der Waals surface area (Å²) in [7, 11) is 1.65. The number of carboxylic acids is 1. The van der Waals surface area contributed by atoms with Crippen molar-refractivity contribution in [3.05, 3.63) is 35.7 Å². The molecule has 1 aliphatic heterocycles. The number of anilines is 1. The van der Waals surface area contributed by atoms with Crippen molar-refractivity contribution in [2.45, 2.75) is 19.3 Å². The van der Waals surface area contributed by atoms with Gasteiger partial charge in [-0.15, -0.1) is 0 Å². The van der Waals surface area contributed by atoms with Gasteiger partial charge in [-0.2, -0.15) is 4.37 Å². The number of hydrogen-bond acceptors (Lipinski definition) is 6. The van der Waals surface area contributed by atoms with E-state index in [1.807, 2.05) is 29.2 Å². The molecule has 7 heteroatoms. The van der Waals surface area contributed by atoms with Crippen molar-refractivity contribution < 1.29 is 14.6 Å². The molecule has 3 rings (SSSR count). The van der Waals surface area contributed by atoms with Crippen LogP contribution in [0.5, 0.6) is 5.75 Å². The van der Waals surface area contributed by atoms with E-state index in [4.69, 9.17) is 4.74 Å². The molecule has 23 heavy (non-hydrogen) atoms. The minimum atomic E-state index is -0.726. The van der Waals surface area contributed by atoms with Crippen LogP contribution in [0.15, 0.2) is 24.3 Å². The average molecular weight is 333 g/mol. The third-order valence-corrected chi connectivity index (χ3v) is 4.81. The SMILES string of the molecule is COc1cccc(Cc2nsc(N3CCC[C@H](C(=O)O)C3)n2)c1. The summed E-state index contributed by atoms with van der Waals surface area (Å²) >= 11 is 1.34. The molecule has 1 N–H and O–H groups in total. The van der Waals surface area contributed by atoms with Crippen molar-refractivity contribution in [1.29, 1.82) is 0 Å². The Morgan fingerprint density at radius 3 is 3.17 bits per heavy atom. The third kappa shape index (κ3) is 3.79. The van der Waals surface area contributed by atoms with E-state index in [2.05, 4.69) is 9.36 Å². The van der Waals surface area contributed by atoms with E-state index in [1.54, 1.807) is 7.11 Å². The molecule has 0 aliphatic carbocycles. The van der Waals surface area contributed by atoms with Crippen LogP contribution in [0.2, 0.25) is 0 Å². The van der Waals surface area contributed by atoms with Crippen LogP contribution in [0.1, 0.15) is 24.2 Å². The summed E-state index contributed by atoms with van der Waals surface area (Å²) in [5, 5.41) is 9.99. The van der Waals surface area contributed by atoms with E-state index in [0.29, 0.717) is 13.0 Å². The van der Waals surface area contributed by atoms with E-state index in [-0.39, 0.29) is 5.92 Å². The molecule has 2 aromatic rings. The lowest BCUT2D eigenvalue weighted by molar-refractivity contribution is -0.141. The first kappa shape index (κ1) is 15.7. The minimum absolute atomic E-state index is 0.311. The largest absolute Gasteiger partial charge is 0.497 e. The number of piperidine rings is 1. The third-order valence-electron chi connectivity index (χ3n) is 3.99. The van der Waals surface area contributed by atoms with Crippen LogP contribution in [0.3, 0.4) is 0 Å². The normalized spacial score (nSPS) is 18.0. The zero-order valence-corrected chi connectivity index (χ0v) is 13.8. The van der Waals surface area contributed by atoms with Crippen molar-refractivity contribution in [3.63, 3.8) is 0 Å². The van der Waals surface area contributed by atoms with Gasteiger partial charge >= 0.3 is 5.97 Å². The smallest absolute Gasteiger partial charge is 0.308 e. The number of ether oxygens (including phenoxy) is 1. The van der Waals surface area contributed by atoms with Gasteiger partial charge in [0.25, 0.3) is 0 Å². The van der Waals surface area contributed by atoms with E-state index in [1.165, 1.54) is 11.5 Å². The fourth-order valence-electron chi connectivity index (χ4n) is 2.76. The van der Waals surface area contributed by atoms with Gasteiger partial charge in [0.05, 0.1) is 13.0 Å². The number of carbonyl (C=O) groups is 1. The first-order chi connectivity index (χ1) is 11.2. The fourth-order valence-corrected chi connectivity index (χ4v) is 3.48. The second-order valence-electron chi connectivity index (χ2n) is 5.64. The molecule has 1 aromatic heterocycles. The molecule has 122 valence electrons. The quantitative estimate of drug-likeness (QED) is 0.906. The molecular weight excluding hydrogens is 314 g/mol. The molecular formula is C16H19N3O3S. The summed E-state index contributed by atoms with van der Waals surface area (Å²) in [6.45, 7) is 1.36. The number of carboxylic acid groups (broad SMARTS) is 1. The average Bonchev–Trinajstić information content (AvgIpc) is 3.03. The summed E-state index contributed by atoms with van der Waals surface area (Å²) in [5.41, 5.74) is 1.09. The highest BCUT2D eigenvalue weighted by Gasteiger charge is 2.27. The number of aromatic nitrogens is 2. The van der Waals surface area contributed by atoms with Gasteiger partial charge in [-0.25, -0.2) is 4.98 Å². The number of rotatable bonds is 5. The molecule has 2 heterocycles. The van der Waals surface area contributed by atoms with E-state index >= 15 is 0 Å². The Morgan fingerprint density at radius 2 is 2.39 bits per heavy atom. The zero-order chi connectivity index (χ0) is 16.2. The highest BCUT2D eigenvalue weighted by atomic mass is 32.1. The monoisotopic (exact) mass is 333 g/mol. The van der Waals surface area contributed by atoms with Crippen LogP contribution in [-0.4, -0.2) is 40.6 Å². The Labute approximate surface area is 138 Å². The maximum atomic E-state index is 11.2. The summed E-state index contributed by atoms with van der Waals surface area (Å²) in [5.74, 6) is 0.541. The Balaban J connectivity index is 1.69. The highest BCUT2D eigenvalue weighted by Crippen LogP contribution is 2.25. The van der Waals surface area contributed by atoms with Crippen LogP contribution in [0.4, 0.5) is 5.13 Å². The summed E-state index contributed by atoms with van der Waals surface area (Å²) < 4.78 is 9.64. The Bertz CT molecular complexity index is 689.